The molecule has 1 heterocycles. The lowest BCUT2D eigenvalue weighted by Gasteiger charge is -2.12. The van der Waals surface area contributed by atoms with Crippen LogP contribution in [0.15, 0.2) is 48.8 Å². The van der Waals surface area contributed by atoms with E-state index >= 15 is 0 Å². The Morgan fingerprint density at radius 1 is 1.25 bits per heavy atom. The number of carbonyl (C=O) groups is 1. The van der Waals surface area contributed by atoms with E-state index in [4.69, 9.17) is 9.47 Å². The van der Waals surface area contributed by atoms with Gasteiger partial charge in [-0.05, 0) is 55.3 Å². The molecule has 1 aromatic heterocycles. The van der Waals surface area contributed by atoms with Gasteiger partial charge in [0.25, 0.3) is 0 Å². The van der Waals surface area contributed by atoms with Crippen LogP contribution in [0.2, 0.25) is 0 Å². The first-order chi connectivity index (χ1) is 11.6. The number of nitrogens with zero attached hydrogens (tertiary/aromatic N) is 1. The van der Waals surface area contributed by atoms with Crippen molar-refractivity contribution < 1.29 is 14.3 Å². The third kappa shape index (κ3) is 4.84. The molecule has 1 N–H and O–H groups in total. The fourth-order valence-electron chi connectivity index (χ4n) is 2.23. The molecule has 1 unspecified atom stereocenters. The van der Waals surface area contributed by atoms with E-state index in [0.29, 0.717) is 18.1 Å². The first-order valence-corrected chi connectivity index (χ1v) is 7.83. The predicted octanol–water partition coefficient (Wildman–Crippen LogP) is 3.38. The number of hydrogen-bond donors (Lipinski definition) is 1. The molecule has 0 aliphatic heterocycles. The Morgan fingerprint density at radius 2 is 2.00 bits per heavy atom. The Morgan fingerprint density at radius 3 is 2.67 bits per heavy atom. The topological polar surface area (TPSA) is 60.5 Å². The van der Waals surface area contributed by atoms with E-state index in [1.54, 1.807) is 25.6 Å². The maximum atomic E-state index is 12.1. The van der Waals surface area contributed by atoms with Crippen molar-refractivity contribution in [2.45, 2.75) is 19.9 Å². The maximum absolute atomic E-state index is 12.1. The monoisotopic (exact) mass is 326 g/mol. The fraction of sp³-hybridized carbons (Fsp3) is 0.263. The second-order valence-electron chi connectivity index (χ2n) is 5.19. The molecule has 1 amide bonds. The van der Waals surface area contributed by atoms with E-state index in [1.165, 1.54) is 6.08 Å². The summed E-state index contributed by atoms with van der Waals surface area (Å²) in [5.41, 5.74) is 1.87. The van der Waals surface area contributed by atoms with Gasteiger partial charge in [-0.25, -0.2) is 0 Å². The van der Waals surface area contributed by atoms with Crippen LogP contribution in [0.25, 0.3) is 6.08 Å². The van der Waals surface area contributed by atoms with Gasteiger partial charge < -0.3 is 14.8 Å². The lowest BCUT2D eigenvalue weighted by atomic mass is 10.1. The van der Waals surface area contributed by atoms with Crippen molar-refractivity contribution >= 4 is 12.0 Å². The van der Waals surface area contributed by atoms with Gasteiger partial charge in [0, 0.05) is 18.5 Å². The summed E-state index contributed by atoms with van der Waals surface area (Å²) in [7, 11) is 1.59. The van der Waals surface area contributed by atoms with Crippen LogP contribution in [0.5, 0.6) is 11.5 Å². The number of ether oxygens (including phenoxy) is 2. The zero-order valence-electron chi connectivity index (χ0n) is 14.2. The number of benzene rings is 1. The van der Waals surface area contributed by atoms with Crippen LogP contribution >= 0.6 is 0 Å². The van der Waals surface area contributed by atoms with Gasteiger partial charge in [-0.1, -0.05) is 6.07 Å². The Kier molecular flexibility index (Phi) is 6.37. The molecule has 0 bridgehead atoms. The number of hydrogen-bond acceptors (Lipinski definition) is 4. The first-order valence-electron chi connectivity index (χ1n) is 7.83. The van der Waals surface area contributed by atoms with Gasteiger partial charge in [-0.15, -0.1) is 0 Å². The van der Waals surface area contributed by atoms with Crippen molar-refractivity contribution in [3.63, 3.8) is 0 Å². The van der Waals surface area contributed by atoms with E-state index < -0.39 is 0 Å². The number of aromatic nitrogens is 1. The minimum atomic E-state index is -0.160. The van der Waals surface area contributed by atoms with Crippen LogP contribution in [-0.4, -0.2) is 24.6 Å². The van der Waals surface area contributed by atoms with Gasteiger partial charge in [0.05, 0.1) is 19.8 Å². The quantitative estimate of drug-likeness (QED) is 0.792. The summed E-state index contributed by atoms with van der Waals surface area (Å²) in [5.74, 6) is 1.17. The number of rotatable bonds is 7. The van der Waals surface area contributed by atoms with Crippen molar-refractivity contribution in [1.29, 1.82) is 0 Å². The van der Waals surface area contributed by atoms with Gasteiger partial charge in [-0.3, -0.25) is 9.78 Å². The van der Waals surface area contributed by atoms with Gasteiger partial charge in [-0.2, -0.15) is 0 Å². The summed E-state index contributed by atoms with van der Waals surface area (Å²) in [4.78, 5) is 16.0. The first kappa shape index (κ1) is 17.5. The molecule has 5 nitrogen and oxygen atoms in total. The van der Waals surface area contributed by atoms with Crippen molar-refractivity contribution in [1.82, 2.24) is 10.3 Å². The molecule has 5 heteroatoms. The molecule has 0 radical (unpaired) electrons. The molecule has 0 spiro atoms. The fourth-order valence-corrected chi connectivity index (χ4v) is 2.23. The number of nitrogens with one attached hydrogen (secondary N) is 1. The third-order valence-corrected chi connectivity index (χ3v) is 3.48. The Balaban J connectivity index is 2.01. The lowest BCUT2D eigenvalue weighted by Crippen LogP contribution is -2.24. The largest absolute Gasteiger partial charge is 0.493 e. The minimum absolute atomic E-state index is 0.0833. The number of methoxy groups -OCH3 is 1. The van der Waals surface area contributed by atoms with Crippen molar-refractivity contribution in [2.75, 3.05) is 13.7 Å². The Hall–Kier alpha value is -2.82. The predicted molar refractivity (Wildman–Crippen MR) is 94.0 cm³/mol. The molecule has 0 saturated carbocycles. The Bertz CT molecular complexity index is 699. The van der Waals surface area contributed by atoms with Gasteiger partial charge in [0.1, 0.15) is 0 Å². The Labute approximate surface area is 142 Å². The summed E-state index contributed by atoms with van der Waals surface area (Å²) in [6, 6.07) is 9.22. The average molecular weight is 326 g/mol. The molecule has 24 heavy (non-hydrogen) atoms. The van der Waals surface area contributed by atoms with Crippen LogP contribution < -0.4 is 14.8 Å². The molecule has 0 fully saturated rings. The molecule has 126 valence electrons. The molecule has 0 aliphatic carbocycles. The minimum Gasteiger partial charge on any atom is -0.493 e. The zero-order valence-corrected chi connectivity index (χ0v) is 14.2. The van der Waals surface area contributed by atoms with Crippen LogP contribution in [0, 0.1) is 0 Å². The highest BCUT2D eigenvalue weighted by molar-refractivity contribution is 5.92. The lowest BCUT2D eigenvalue weighted by molar-refractivity contribution is -0.117. The summed E-state index contributed by atoms with van der Waals surface area (Å²) >= 11 is 0. The van der Waals surface area contributed by atoms with Crippen LogP contribution in [-0.2, 0) is 4.79 Å². The molecule has 1 aromatic carbocycles. The normalized spacial score (nSPS) is 12.0. The third-order valence-electron chi connectivity index (χ3n) is 3.48. The highest BCUT2D eigenvalue weighted by atomic mass is 16.5. The number of amides is 1. The molecule has 2 rings (SSSR count). The molecule has 1 atom stereocenters. The average Bonchev–Trinajstić information content (AvgIpc) is 2.61. The van der Waals surface area contributed by atoms with Crippen molar-refractivity contribution in [3.8, 4) is 11.5 Å². The second-order valence-corrected chi connectivity index (χ2v) is 5.19. The van der Waals surface area contributed by atoms with Crippen LogP contribution in [0.3, 0.4) is 0 Å². The molecule has 0 saturated heterocycles. The zero-order chi connectivity index (χ0) is 17.4. The SMILES string of the molecule is CCOc1ccc(C=CC(=O)NC(C)c2ccncc2)cc1OC. The highest BCUT2D eigenvalue weighted by Crippen LogP contribution is 2.28. The molecule has 2 aromatic rings. The summed E-state index contributed by atoms with van der Waals surface area (Å²) in [6.45, 7) is 4.42. The van der Waals surface area contributed by atoms with Gasteiger partial charge in [0.2, 0.25) is 5.91 Å². The van der Waals surface area contributed by atoms with Crippen molar-refractivity contribution in [2.24, 2.45) is 0 Å². The highest BCUT2D eigenvalue weighted by Gasteiger charge is 2.07. The number of pyridine rings is 1. The van der Waals surface area contributed by atoms with E-state index in [-0.39, 0.29) is 11.9 Å². The van der Waals surface area contributed by atoms with Crippen molar-refractivity contribution in [3.05, 3.63) is 59.9 Å². The summed E-state index contributed by atoms with van der Waals surface area (Å²) in [6.07, 6.45) is 6.67. The van der Waals surface area contributed by atoms with Gasteiger partial charge >= 0.3 is 0 Å². The van der Waals surface area contributed by atoms with E-state index in [1.807, 2.05) is 44.2 Å². The molecular formula is C19H22N2O3. The summed E-state index contributed by atoms with van der Waals surface area (Å²) in [5, 5.41) is 2.92. The van der Waals surface area contributed by atoms with Crippen LogP contribution in [0.1, 0.15) is 31.0 Å². The maximum Gasteiger partial charge on any atom is 0.244 e. The molecule has 0 aliphatic rings. The van der Waals surface area contributed by atoms with Crippen LogP contribution in [0.4, 0.5) is 0 Å². The van der Waals surface area contributed by atoms with E-state index in [0.717, 1.165) is 11.1 Å². The second kappa shape index (κ2) is 8.72. The summed E-state index contributed by atoms with van der Waals surface area (Å²) < 4.78 is 10.8. The standard InChI is InChI=1S/C19H22N2O3/c1-4-24-17-7-5-15(13-18(17)23-3)6-8-19(22)21-14(2)16-9-11-20-12-10-16/h5-14H,4H2,1-3H3,(H,21,22). The van der Waals surface area contributed by atoms with Gasteiger partial charge in [0.15, 0.2) is 11.5 Å². The smallest absolute Gasteiger partial charge is 0.244 e. The van der Waals surface area contributed by atoms with E-state index in [9.17, 15) is 4.79 Å². The van der Waals surface area contributed by atoms with E-state index in [2.05, 4.69) is 10.3 Å². The number of carbonyl (C=O) groups excluding carboxylic acids is 1. The molecular weight excluding hydrogens is 304 g/mol.